The van der Waals surface area contributed by atoms with Crippen LogP contribution in [0, 0.1) is 0 Å². The number of carbonyl (C=O) groups excluding carboxylic acids is 1. The number of phenolic OH excluding ortho intramolecular Hbond substituents is 1. The van der Waals surface area contributed by atoms with Gasteiger partial charge in [0.15, 0.2) is 0 Å². The summed E-state index contributed by atoms with van der Waals surface area (Å²) in [6.07, 6.45) is 0. The normalized spacial score (nSPS) is 11.2. The topological polar surface area (TPSA) is 61.7 Å². The quantitative estimate of drug-likeness (QED) is 0.673. The Morgan fingerprint density at radius 3 is 2.60 bits per heavy atom. The van der Waals surface area contributed by atoms with Crippen molar-refractivity contribution in [3.63, 3.8) is 0 Å². The third-order valence-electron chi connectivity index (χ3n) is 2.71. The zero-order valence-corrected chi connectivity index (χ0v) is 11.6. The molecule has 102 valence electrons. The number of hydrogen-bond donors (Lipinski definition) is 2. The maximum Gasteiger partial charge on any atom is 0.271 e. The van der Waals surface area contributed by atoms with Crippen LogP contribution in [0.15, 0.2) is 53.6 Å². The Morgan fingerprint density at radius 1 is 1.20 bits per heavy atom. The minimum absolute atomic E-state index is 0.0598. The molecule has 0 fully saturated rings. The SMILES string of the molecule is C/C(=N\NC(=O)c1ccccc1)c1cc(Cl)ccc1O. The van der Waals surface area contributed by atoms with Gasteiger partial charge in [-0.15, -0.1) is 0 Å². The fourth-order valence-electron chi connectivity index (χ4n) is 1.65. The molecule has 0 saturated carbocycles. The molecule has 0 aromatic heterocycles. The Bertz CT molecular complexity index is 654. The van der Waals surface area contributed by atoms with Gasteiger partial charge in [0.1, 0.15) is 5.75 Å². The molecule has 0 aliphatic rings. The van der Waals surface area contributed by atoms with Crippen molar-refractivity contribution in [2.24, 2.45) is 5.10 Å². The highest BCUT2D eigenvalue weighted by atomic mass is 35.5. The number of carbonyl (C=O) groups is 1. The monoisotopic (exact) mass is 288 g/mol. The second-order valence-corrected chi connectivity index (χ2v) is 4.60. The third kappa shape index (κ3) is 3.36. The number of hydrazone groups is 1. The lowest BCUT2D eigenvalue weighted by Crippen LogP contribution is -2.19. The van der Waals surface area contributed by atoms with Gasteiger partial charge in [-0.1, -0.05) is 29.8 Å². The highest BCUT2D eigenvalue weighted by Gasteiger charge is 2.07. The van der Waals surface area contributed by atoms with Crippen LogP contribution in [0.4, 0.5) is 0 Å². The first-order valence-corrected chi connectivity index (χ1v) is 6.34. The number of nitrogens with zero attached hydrogens (tertiary/aromatic N) is 1. The zero-order valence-electron chi connectivity index (χ0n) is 10.8. The lowest BCUT2D eigenvalue weighted by molar-refractivity contribution is 0.0955. The predicted octanol–water partition coefficient (Wildman–Crippen LogP) is 3.20. The first kappa shape index (κ1) is 14.1. The van der Waals surface area contributed by atoms with E-state index in [-0.39, 0.29) is 11.7 Å². The number of halogens is 1. The first-order valence-electron chi connectivity index (χ1n) is 5.96. The van der Waals surface area contributed by atoms with E-state index in [2.05, 4.69) is 10.5 Å². The minimum atomic E-state index is -0.313. The summed E-state index contributed by atoms with van der Waals surface area (Å²) in [5, 5.41) is 14.2. The molecule has 0 unspecified atom stereocenters. The van der Waals surface area contributed by atoms with E-state index in [1.165, 1.54) is 6.07 Å². The molecule has 0 atom stereocenters. The molecule has 20 heavy (non-hydrogen) atoms. The van der Waals surface area contributed by atoms with Crippen molar-refractivity contribution in [2.75, 3.05) is 0 Å². The number of rotatable bonds is 3. The Labute approximate surface area is 121 Å². The zero-order chi connectivity index (χ0) is 14.5. The lowest BCUT2D eigenvalue weighted by Gasteiger charge is -2.05. The second kappa shape index (κ2) is 6.21. The molecule has 0 saturated heterocycles. The van der Waals surface area contributed by atoms with Crippen LogP contribution >= 0.6 is 11.6 Å². The van der Waals surface area contributed by atoms with Crippen LogP contribution in [0.5, 0.6) is 5.75 Å². The summed E-state index contributed by atoms with van der Waals surface area (Å²) in [6.45, 7) is 1.68. The van der Waals surface area contributed by atoms with E-state index in [9.17, 15) is 9.90 Å². The number of hydrogen-bond acceptors (Lipinski definition) is 3. The van der Waals surface area contributed by atoms with Gasteiger partial charge in [-0.2, -0.15) is 5.10 Å². The summed E-state index contributed by atoms with van der Waals surface area (Å²) in [4.78, 5) is 11.8. The van der Waals surface area contributed by atoms with E-state index in [4.69, 9.17) is 11.6 Å². The van der Waals surface area contributed by atoms with Gasteiger partial charge in [0.2, 0.25) is 0 Å². The highest BCUT2D eigenvalue weighted by Crippen LogP contribution is 2.21. The van der Waals surface area contributed by atoms with E-state index in [1.54, 1.807) is 43.3 Å². The standard InChI is InChI=1S/C15H13ClN2O2/c1-10(13-9-12(16)7-8-14(13)19)17-18-15(20)11-5-3-2-4-6-11/h2-9,19H,1H3,(H,18,20)/b17-10+. The van der Waals surface area contributed by atoms with Crippen LogP contribution in [0.3, 0.4) is 0 Å². The third-order valence-corrected chi connectivity index (χ3v) is 2.94. The molecule has 4 nitrogen and oxygen atoms in total. The maximum atomic E-state index is 11.8. The molecule has 5 heteroatoms. The van der Waals surface area contributed by atoms with Crippen LogP contribution in [-0.2, 0) is 0 Å². The van der Waals surface area contributed by atoms with Crippen molar-refractivity contribution >= 4 is 23.2 Å². The van der Waals surface area contributed by atoms with Gasteiger partial charge in [-0.25, -0.2) is 5.43 Å². The molecule has 0 bridgehead atoms. The summed E-state index contributed by atoms with van der Waals surface area (Å²) in [7, 11) is 0. The summed E-state index contributed by atoms with van der Waals surface area (Å²) >= 11 is 5.87. The minimum Gasteiger partial charge on any atom is -0.507 e. The maximum absolute atomic E-state index is 11.8. The molecule has 2 aromatic carbocycles. The smallest absolute Gasteiger partial charge is 0.271 e. The number of phenols is 1. The molecule has 2 rings (SSSR count). The van der Waals surface area contributed by atoms with Crippen LogP contribution in [0.1, 0.15) is 22.8 Å². The first-order chi connectivity index (χ1) is 9.58. The number of benzene rings is 2. The Hall–Kier alpha value is -2.33. The molecule has 0 radical (unpaired) electrons. The predicted molar refractivity (Wildman–Crippen MR) is 79.2 cm³/mol. The molecule has 2 N–H and O–H groups in total. The number of nitrogens with one attached hydrogen (secondary N) is 1. The van der Waals surface area contributed by atoms with Crippen LogP contribution in [0.25, 0.3) is 0 Å². The second-order valence-electron chi connectivity index (χ2n) is 4.17. The van der Waals surface area contributed by atoms with Gasteiger partial charge in [0.25, 0.3) is 5.91 Å². The average Bonchev–Trinajstić information content (AvgIpc) is 2.47. The Kier molecular flexibility index (Phi) is 4.38. The Morgan fingerprint density at radius 2 is 1.90 bits per heavy atom. The van der Waals surface area contributed by atoms with Crippen LogP contribution in [0.2, 0.25) is 5.02 Å². The summed E-state index contributed by atoms with van der Waals surface area (Å²) in [5.41, 5.74) is 3.90. The fraction of sp³-hybridized carbons (Fsp3) is 0.0667. The molecular weight excluding hydrogens is 276 g/mol. The van der Waals surface area contributed by atoms with Crippen molar-refractivity contribution in [3.8, 4) is 5.75 Å². The highest BCUT2D eigenvalue weighted by molar-refractivity contribution is 6.31. The van der Waals surface area contributed by atoms with Gasteiger partial charge in [0.05, 0.1) is 5.71 Å². The molecule has 2 aromatic rings. The number of amides is 1. The summed E-state index contributed by atoms with van der Waals surface area (Å²) in [6, 6.07) is 13.4. The van der Waals surface area contributed by atoms with E-state index < -0.39 is 0 Å². The molecule has 0 spiro atoms. The fourth-order valence-corrected chi connectivity index (χ4v) is 1.82. The molecule has 0 aliphatic carbocycles. The summed E-state index contributed by atoms with van der Waals surface area (Å²) in [5.74, 6) is -0.254. The van der Waals surface area contributed by atoms with Crippen molar-refractivity contribution < 1.29 is 9.90 Å². The number of aromatic hydroxyl groups is 1. The summed E-state index contributed by atoms with van der Waals surface area (Å²) < 4.78 is 0. The van der Waals surface area contributed by atoms with Crippen molar-refractivity contribution in [1.29, 1.82) is 0 Å². The van der Waals surface area contributed by atoms with E-state index in [0.717, 1.165) is 0 Å². The lowest BCUT2D eigenvalue weighted by atomic mass is 10.1. The van der Waals surface area contributed by atoms with E-state index in [1.807, 2.05) is 6.07 Å². The Balaban J connectivity index is 2.15. The van der Waals surface area contributed by atoms with Crippen molar-refractivity contribution in [3.05, 3.63) is 64.7 Å². The molecule has 0 heterocycles. The van der Waals surface area contributed by atoms with E-state index in [0.29, 0.717) is 21.9 Å². The van der Waals surface area contributed by atoms with Gasteiger partial charge < -0.3 is 5.11 Å². The molecule has 0 aliphatic heterocycles. The largest absolute Gasteiger partial charge is 0.507 e. The van der Waals surface area contributed by atoms with Crippen LogP contribution in [-0.4, -0.2) is 16.7 Å². The van der Waals surface area contributed by atoms with Gasteiger partial charge >= 0.3 is 0 Å². The molecule has 1 amide bonds. The van der Waals surface area contributed by atoms with Gasteiger partial charge in [-0.3, -0.25) is 4.79 Å². The van der Waals surface area contributed by atoms with Crippen molar-refractivity contribution in [1.82, 2.24) is 5.43 Å². The van der Waals surface area contributed by atoms with Gasteiger partial charge in [0, 0.05) is 16.1 Å². The van der Waals surface area contributed by atoms with Crippen molar-refractivity contribution in [2.45, 2.75) is 6.92 Å². The van der Waals surface area contributed by atoms with E-state index >= 15 is 0 Å². The van der Waals surface area contributed by atoms with Gasteiger partial charge in [-0.05, 0) is 37.3 Å². The van der Waals surface area contributed by atoms with Crippen LogP contribution < -0.4 is 5.43 Å². The molecular formula is C15H13ClN2O2. The average molecular weight is 289 g/mol.